The van der Waals surface area contributed by atoms with Crippen LogP contribution in [0.2, 0.25) is 0 Å². The van der Waals surface area contributed by atoms with E-state index in [1.807, 2.05) is 42.5 Å². The van der Waals surface area contributed by atoms with Crippen LogP contribution in [0.1, 0.15) is 0 Å². The lowest BCUT2D eigenvalue weighted by Crippen LogP contribution is -2.47. The lowest BCUT2D eigenvalue weighted by atomic mass is 10.2. The smallest absolute Gasteiger partial charge is 0.227 e. The fourth-order valence-electron chi connectivity index (χ4n) is 3.27. The number of hydrogen-bond acceptors (Lipinski definition) is 6. The highest BCUT2D eigenvalue weighted by Crippen LogP contribution is 2.23. The minimum absolute atomic E-state index is 0.184. The molecule has 2 heterocycles. The first-order valence-corrected chi connectivity index (χ1v) is 9.21. The van der Waals surface area contributed by atoms with Gasteiger partial charge >= 0.3 is 0 Å². The van der Waals surface area contributed by atoms with E-state index >= 15 is 0 Å². The van der Waals surface area contributed by atoms with Gasteiger partial charge in [-0.25, -0.2) is 9.37 Å². The highest BCUT2D eigenvalue weighted by molar-refractivity contribution is 5.59. The fourth-order valence-corrected chi connectivity index (χ4v) is 3.27. The summed E-state index contributed by atoms with van der Waals surface area (Å²) in [4.78, 5) is 13.2. The molecule has 0 saturated carbocycles. The van der Waals surface area contributed by atoms with Gasteiger partial charge in [0.2, 0.25) is 5.95 Å². The number of nitrogens with zero attached hydrogens (tertiary/aromatic N) is 4. The molecule has 1 aliphatic rings. The number of halogens is 1. The van der Waals surface area contributed by atoms with E-state index in [-0.39, 0.29) is 5.82 Å². The van der Waals surface area contributed by atoms with Crippen LogP contribution in [-0.4, -0.2) is 43.3 Å². The van der Waals surface area contributed by atoms with Gasteiger partial charge in [0.05, 0.1) is 12.8 Å². The zero-order chi connectivity index (χ0) is 19.3. The van der Waals surface area contributed by atoms with Crippen molar-refractivity contribution < 1.29 is 9.13 Å². The lowest BCUT2D eigenvalue weighted by Gasteiger charge is -2.36. The third kappa shape index (κ3) is 3.98. The molecule has 1 fully saturated rings. The van der Waals surface area contributed by atoms with E-state index in [1.165, 1.54) is 6.07 Å². The maximum atomic E-state index is 14.0. The van der Waals surface area contributed by atoms with Gasteiger partial charge < -0.3 is 19.9 Å². The molecular formula is C21H22FN5O. The Morgan fingerprint density at radius 1 is 0.964 bits per heavy atom. The van der Waals surface area contributed by atoms with Crippen molar-refractivity contribution in [3.8, 4) is 5.75 Å². The molecule has 0 atom stereocenters. The van der Waals surface area contributed by atoms with Crippen molar-refractivity contribution in [3.63, 3.8) is 0 Å². The second kappa shape index (κ2) is 8.12. The first-order chi connectivity index (χ1) is 13.7. The topological polar surface area (TPSA) is 53.5 Å². The summed E-state index contributed by atoms with van der Waals surface area (Å²) in [6.45, 7) is 2.91. The van der Waals surface area contributed by atoms with Crippen molar-refractivity contribution in [2.24, 2.45) is 0 Å². The number of para-hydroxylation sites is 1. The zero-order valence-corrected chi connectivity index (χ0v) is 15.7. The minimum Gasteiger partial charge on any atom is -0.497 e. The Morgan fingerprint density at radius 2 is 1.75 bits per heavy atom. The highest BCUT2D eigenvalue weighted by atomic mass is 19.1. The number of hydrogen-bond donors (Lipinski definition) is 1. The molecule has 0 unspecified atom stereocenters. The predicted octanol–water partition coefficient (Wildman–Crippen LogP) is 3.69. The average Bonchev–Trinajstić information content (AvgIpc) is 2.75. The molecule has 0 spiro atoms. The molecule has 0 aliphatic carbocycles. The van der Waals surface area contributed by atoms with Crippen LogP contribution < -0.4 is 19.9 Å². The zero-order valence-electron chi connectivity index (χ0n) is 15.7. The van der Waals surface area contributed by atoms with E-state index in [0.29, 0.717) is 11.6 Å². The molecule has 1 N–H and O–H groups in total. The summed E-state index contributed by atoms with van der Waals surface area (Å²) in [6.07, 6.45) is 1.74. The maximum absolute atomic E-state index is 14.0. The number of aromatic nitrogens is 2. The number of benzene rings is 2. The molecule has 0 bridgehead atoms. The van der Waals surface area contributed by atoms with Crippen LogP contribution in [0.4, 0.5) is 27.5 Å². The van der Waals surface area contributed by atoms with Crippen molar-refractivity contribution >= 4 is 23.1 Å². The Hall–Kier alpha value is -3.35. The van der Waals surface area contributed by atoms with Crippen LogP contribution in [0.3, 0.4) is 0 Å². The molecule has 1 aromatic heterocycles. The predicted molar refractivity (Wildman–Crippen MR) is 109 cm³/mol. The van der Waals surface area contributed by atoms with Gasteiger partial charge in [-0.15, -0.1) is 0 Å². The van der Waals surface area contributed by atoms with Gasteiger partial charge in [-0.1, -0.05) is 18.2 Å². The minimum atomic E-state index is -0.184. The van der Waals surface area contributed by atoms with Gasteiger partial charge in [0.15, 0.2) is 0 Å². The molecule has 0 radical (unpaired) electrons. The van der Waals surface area contributed by atoms with E-state index in [0.717, 1.165) is 43.4 Å². The Morgan fingerprint density at radius 3 is 2.54 bits per heavy atom. The van der Waals surface area contributed by atoms with E-state index in [9.17, 15) is 4.39 Å². The van der Waals surface area contributed by atoms with Crippen molar-refractivity contribution in [2.45, 2.75) is 0 Å². The molecule has 144 valence electrons. The van der Waals surface area contributed by atoms with Crippen LogP contribution in [0.15, 0.2) is 60.8 Å². The number of rotatable bonds is 5. The molecule has 0 amide bonds. The van der Waals surface area contributed by atoms with Gasteiger partial charge in [-0.2, -0.15) is 4.98 Å². The van der Waals surface area contributed by atoms with Crippen molar-refractivity contribution in [1.82, 2.24) is 9.97 Å². The number of piperazine rings is 1. The SMILES string of the molecule is COc1cccc(Nc2ccnc(N3CCN(c4ccccc4F)CC3)n2)c1. The maximum Gasteiger partial charge on any atom is 0.227 e. The Labute approximate surface area is 163 Å². The standard InChI is InChI=1S/C21H22FN5O/c1-28-17-6-4-5-16(15-17)24-20-9-10-23-21(25-20)27-13-11-26(12-14-27)19-8-3-2-7-18(19)22/h2-10,15H,11-14H2,1H3,(H,23,24,25). The van der Waals surface area contributed by atoms with Crippen LogP contribution in [0.5, 0.6) is 5.75 Å². The molecule has 1 aliphatic heterocycles. The number of nitrogens with one attached hydrogen (secondary N) is 1. The van der Waals surface area contributed by atoms with Gasteiger partial charge in [0.1, 0.15) is 17.4 Å². The molecule has 3 aromatic rings. The van der Waals surface area contributed by atoms with Crippen LogP contribution in [-0.2, 0) is 0 Å². The van der Waals surface area contributed by atoms with E-state index in [4.69, 9.17) is 4.74 Å². The van der Waals surface area contributed by atoms with Crippen molar-refractivity contribution in [3.05, 3.63) is 66.6 Å². The Bertz CT molecular complexity index is 943. The molecule has 2 aromatic carbocycles. The Balaban J connectivity index is 1.43. The monoisotopic (exact) mass is 379 g/mol. The average molecular weight is 379 g/mol. The fraction of sp³-hybridized carbons (Fsp3) is 0.238. The van der Waals surface area contributed by atoms with E-state index < -0.39 is 0 Å². The molecule has 28 heavy (non-hydrogen) atoms. The Kier molecular flexibility index (Phi) is 5.23. The summed E-state index contributed by atoms with van der Waals surface area (Å²) < 4.78 is 19.3. The van der Waals surface area contributed by atoms with Crippen LogP contribution in [0, 0.1) is 5.82 Å². The van der Waals surface area contributed by atoms with E-state index in [2.05, 4.69) is 25.1 Å². The largest absolute Gasteiger partial charge is 0.497 e. The number of ether oxygens (including phenoxy) is 1. The van der Waals surface area contributed by atoms with Gasteiger partial charge in [-0.3, -0.25) is 0 Å². The van der Waals surface area contributed by atoms with Crippen LogP contribution in [0.25, 0.3) is 0 Å². The molecule has 6 nitrogen and oxygen atoms in total. The van der Waals surface area contributed by atoms with Gasteiger partial charge in [0.25, 0.3) is 0 Å². The summed E-state index contributed by atoms with van der Waals surface area (Å²) in [5.74, 6) is 1.98. The first kappa shape index (κ1) is 18.0. The summed E-state index contributed by atoms with van der Waals surface area (Å²) in [6, 6.07) is 16.4. The summed E-state index contributed by atoms with van der Waals surface area (Å²) in [7, 11) is 1.64. The quantitative estimate of drug-likeness (QED) is 0.730. The summed E-state index contributed by atoms with van der Waals surface area (Å²) in [5.41, 5.74) is 1.55. The molecule has 1 saturated heterocycles. The number of anilines is 4. The van der Waals surface area contributed by atoms with Gasteiger partial charge in [0, 0.05) is 44.1 Å². The molecule has 4 rings (SSSR count). The molecule has 7 heteroatoms. The number of methoxy groups -OCH3 is 1. The van der Waals surface area contributed by atoms with Crippen molar-refractivity contribution in [1.29, 1.82) is 0 Å². The van der Waals surface area contributed by atoms with E-state index in [1.54, 1.807) is 19.4 Å². The summed E-state index contributed by atoms with van der Waals surface area (Å²) in [5, 5.41) is 3.28. The second-order valence-corrected chi connectivity index (χ2v) is 6.52. The van der Waals surface area contributed by atoms with Gasteiger partial charge in [-0.05, 0) is 30.3 Å². The first-order valence-electron chi connectivity index (χ1n) is 9.21. The second-order valence-electron chi connectivity index (χ2n) is 6.52. The summed E-state index contributed by atoms with van der Waals surface area (Å²) >= 11 is 0. The molecular weight excluding hydrogens is 357 g/mol. The third-order valence-electron chi connectivity index (χ3n) is 4.74. The highest BCUT2D eigenvalue weighted by Gasteiger charge is 2.21. The van der Waals surface area contributed by atoms with Crippen LogP contribution >= 0.6 is 0 Å². The lowest BCUT2D eigenvalue weighted by molar-refractivity contribution is 0.415. The third-order valence-corrected chi connectivity index (χ3v) is 4.74. The normalized spacial score (nSPS) is 14.1. The van der Waals surface area contributed by atoms with Crippen molar-refractivity contribution in [2.75, 3.05) is 48.4 Å².